The molecule has 2 aromatic carbocycles. The monoisotopic (exact) mass is 335 g/mol. The first-order valence-electron chi connectivity index (χ1n) is 6.00. The van der Waals surface area contributed by atoms with Crippen LogP contribution in [-0.4, -0.2) is 18.1 Å². The molecule has 0 spiro atoms. The van der Waals surface area contributed by atoms with Gasteiger partial charge in [0.2, 0.25) is 5.91 Å². The first-order valence-corrected chi connectivity index (χ1v) is 6.79. The lowest BCUT2D eigenvalue weighted by Gasteiger charge is -2.10. The van der Waals surface area contributed by atoms with Crippen LogP contribution in [0.1, 0.15) is 5.56 Å². The lowest BCUT2D eigenvalue weighted by atomic mass is 10.1. The van der Waals surface area contributed by atoms with Crippen molar-refractivity contribution < 1.29 is 14.6 Å². The van der Waals surface area contributed by atoms with E-state index in [1.807, 2.05) is 6.07 Å². The van der Waals surface area contributed by atoms with Crippen LogP contribution in [0.3, 0.4) is 0 Å². The first-order chi connectivity index (χ1) is 9.58. The van der Waals surface area contributed by atoms with Crippen molar-refractivity contribution in [2.45, 2.75) is 6.42 Å². The molecule has 0 radical (unpaired) electrons. The Morgan fingerprint density at radius 2 is 1.95 bits per heavy atom. The molecule has 0 aliphatic heterocycles. The van der Waals surface area contributed by atoms with E-state index in [0.717, 1.165) is 10.0 Å². The molecule has 0 saturated carbocycles. The molecule has 0 unspecified atom stereocenters. The molecule has 0 atom stereocenters. The highest BCUT2D eigenvalue weighted by atomic mass is 79.9. The first kappa shape index (κ1) is 14.4. The molecular weight excluding hydrogens is 322 g/mol. The Hall–Kier alpha value is -2.01. The molecule has 0 aliphatic rings. The van der Waals surface area contributed by atoms with Gasteiger partial charge < -0.3 is 15.2 Å². The highest BCUT2D eigenvalue weighted by molar-refractivity contribution is 9.10. The molecule has 1 amide bonds. The van der Waals surface area contributed by atoms with Gasteiger partial charge in [-0.1, -0.05) is 28.1 Å². The summed E-state index contributed by atoms with van der Waals surface area (Å²) in [6, 6.07) is 12.0. The molecule has 0 bridgehead atoms. The Bertz CT molecular complexity index is 611. The number of nitrogens with one attached hydrogen (secondary N) is 1. The number of carbonyl (C=O) groups excluding carboxylic acids is 1. The summed E-state index contributed by atoms with van der Waals surface area (Å²) < 4.78 is 6.06. The van der Waals surface area contributed by atoms with E-state index in [1.54, 1.807) is 43.5 Å². The van der Waals surface area contributed by atoms with Gasteiger partial charge in [-0.25, -0.2) is 0 Å². The number of hydrogen-bond donors (Lipinski definition) is 2. The average Bonchev–Trinajstić information content (AvgIpc) is 2.41. The third-order valence-electron chi connectivity index (χ3n) is 2.74. The van der Waals surface area contributed by atoms with Crippen molar-refractivity contribution in [1.29, 1.82) is 0 Å². The fourth-order valence-electron chi connectivity index (χ4n) is 1.77. The highest BCUT2D eigenvalue weighted by Crippen LogP contribution is 2.28. The van der Waals surface area contributed by atoms with Crippen LogP contribution in [0.2, 0.25) is 0 Å². The molecule has 5 heteroatoms. The zero-order valence-corrected chi connectivity index (χ0v) is 12.5. The summed E-state index contributed by atoms with van der Waals surface area (Å²) in [5, 5.41) is 12.0. The summed E-state index contributed by atoms with van der Waals surface area (Å²) in [6.07, 6.45) is 0.232. The zero-order valence-electron chi connectivity index (χ0n) is 10.9. The van der Waals surface area contributed by atoms with Crippen LogP contribution < -0.4 is 10.1 Å². The second-order valence-electron chi connectivity index (χ2n) is 4.24. The van der Waals surface area contributed by atoms with Gasteiger partial charge in [-0.2, -0.15) is 0 Å². The van der Waals surface area contributed by atoms with Crippen molar-refractivity contribution in [2.75, 3.05) is 12.4 Å². The predicted octanol–water partition coefficient (Wildman–Crippen LogP) is 3.34. The number of anilines is 1. The van der Waals surface area contributed by atoms with Crippen molar-refractivity contribution in [3.05, 3.63) is 52.5 Å². The summed E-state index contributed by atoms with van der Waals surface area (Å²) in [6.45, 7) is 0. The van der Waals surface area contributed by atoms with Crippen molar-refractivity contribution in [3.63, 3.8) is 0 Å². The van der Waals surface area contributed by atoms with Gasteiger partial charge in [0.1, 0.15) is 11.5 Å². The van der Waals surface area contributed by atoms with E-state index in [1.165, 1.54) is 0 Å². The molecule has 104 valence electrons. The molecule has 0 saturated heterocycles. The molecule has 2 aromatic rings. The number of ether oxygens (including phenoxy) is 1. The Labute approximate surface area is 125 Å². The van der Waals surface area contributed by atoms with Crippen LogP contribution in [0.4, 0.5) is 5.69 Å². The SMILES string of the molecule is COc1ccc(Br)cc1NC(=O)Cc1ccc(O)cc1. The van der Waals surface area contributed by atoms with Crippen LogP contribution in [0, 0.1) is 0 Å². The van der Waals surface area contributed by atoms with Gasteiger partial charge in [-0.15, -0.1) is 0 Å². The van der Waals surface area contributed by atoms with Crippen molar-refractivity contribution in [2.24, 2.45) is 0 Å². The predicted molar refractivity (Wildman–Crippen MR) is 81.1 cm³/mol. The van der Waals surface area contributed by atoms with Crippen LogP contribution in [0.25, 0.3) is 0 Å². The average molecular weight is 336 g/mol. The van der Waals surface area contributed by atoms with Crippen LogP contribution in [0.5, 0.6) is 11.5 Å². The molecule has 2 N–H and O–H groups in total. The minimum absolute atomic E-state index is 0.146. The molecule has 0 fully saturated rings. The van der Waals surface area contributed by atoms with Gasteiger partial charge in [0.25, 0.3) is 0 Å². The maximum atomic E-state index is 12.0. The summed E-state index contributed by atoms with van der Waals surface area (Å²) in [5.41, 5.74) is 1.44. The Kier molecular flexibility index (Phi) is 4.63. The quantitative estimate of drug-likeness (QED) is 0.900. The number of hydrogen-bond acceptors (Lipinski definition) is 3. The molecule has 20 heavy (non-hydrogen) atoms. The fourth-order valence-corrected chi connectivity index (χ4v) is 2.13. The number of benzene rings is 2. The second kappa shape index (κ2) is 6.43. The maximum Gasteiger partial charge on any atom is 0.228 e. The lowest BCUT2D eigenvalue weighted by Crippen LogP contribution is -2.15. The van der Waals surface area contributed by atoms with E-state index >= 15 is 0 Å². The standard InChI is InChI=1S/C15H14BrNO3/c1-20-14-7-4-11(16)9-13(14)17-15(19)8-10-2-5-12(18)6-3-10/h2-7,9,18H,8H2,1H3,(H,17,19). The number of amides is 1. The van der Waals surface area contributed by atoms with Gasteiger partial charge >= 0.3 is 0 Å². The smallest absolute Gasteiger partial charge is 0.228 e. The molecule has 4 nitrogen and oxygen atoms in total. The zero-order chi connectivity index (χ0) is 14.5. The third kappa shape index (κ3) is 3.74. The normalized spacial score (nSPS) is 10.1. The summed E-state index contributed by atoms with van der Waals surface area (Å²) in [5.74, 6) is 0.641. The van der Waals surface area contributed by atoms with Gasteiger partial charge in [0.05, 0.1) is 19.2 Å². The number of aromatic hydroxyl groups is 1. The third-order valence-corrected chi connectivity index (χ3v) is 3.23. The number of carbonyl (C=O) groups is 1. The topological polar surface area (TPSA) is 58.6 Å². The second-order valence-corrected chi connectivity index (χ2v) is 5.15. The summed E-state index contributed by atoms with van der Waals surface area (Å²) >= 11 is 3.36. The Balaban J connectivity index is 2.08. The van der Waals surface area contributed by atoms with Crippen LogP contribution in [0.15, 0.2) is 46.9 Å². The minimum atomic E-state index is -0.146. The molecule has 0 heterocycles. The minimum Gasteiger partial charge on any atom is -0.508 e. The van der Waals surface area contributed by atoms with Crippen molar-refractivity contribution in [3.8, 4) is 11.5 Å². The van der Waals surface area contributed by atoms with E-state index in [9.17, 15) is 9.90 Å². The number of halogens is 1. The Morgan fingerprint density at radius 1 is 1.25 bits per heavy atom. The van der Waals surface area contributed by atoms with E-state index in [2.05, 4.69) is 21.2 Å². The fraction of sp³-hybridized carbons (Fsp3) is 0.133. The lowest BCUT2D eigenvalue weighted by molar-refractivity contribution is -0.115. The van der Waals surface area contributed by atoms with Gasteiger partial charge in [0.15, 0.2) is 0 Å². The van der Waals surface area contributed by atoms with Gasteiger partial charge in [-0.3, -0.25) is 4.79 Å². The summed E-state index contributed by atoms with van der Waals surface area (Å²) in [7, 11) is 1.55. The Morgan fingerprint density at radius 3 is 2.60 bits per heavy atom. The van der Waals surface area contributed by atoms with E-state index in [0.29, 0.717) is 11.4 Å². The van der Waals surface area contributed by atoms with Gasteiger partial charge in [-0.05, 0) is 35.9 Å². The van der Waals surface area contributed by atoms with E-state index < -0.39 is 0 Å². The largest absolute Gasteiger partial charge is 0.508 e. The van der Waals surface area contributed by atoms with E-state index in [4.69, 9.17) is 4.74 Å². The molecule has 0 aromatic heterocycles. The maximum absolute atomic E-state index is 12.0. The molecule has 0 aliphatic carbocycles. The highest BCUT2D eigenvalue weighted by Gasteiger charge is 2.09. The summed E-state index contributed by atoms with van der Waals surface area (Å²) in [4.78, 5) is 12.0. The van der Waals surface area contributed by atoms with E-state index in [-0.39, 0.29) is 18.1 Å². The molecular formula is C15H14BrNO3. The van der Waals surface area contributed by atoms with Crippen LogP contribution >= 0.6 is 15.9 Å². The number of rotatable bonds is 4. The number of methoxy groups -OCH3 is 1. The van der Waals surface area contributed by atoms with Gasteiger partial charge in [0, 0.05) is 4.47 Å². The van der Waals surface area contributed by atoms with Crippen LogP contribution in [-0.2, 0) is 11.2 Å². The van der Waals surface area contributed by atoms with Crippen molar-refractivity contribution >= 4 is 27.5 Å². The molecule has 2 rings (SSSR count). The number of phenols is 1. The van der Waals surface area contributed by atoms with Crippen molar-refractivity contribution in [1.82, 2.24) is 0 Å². The number of phenolic OH excluding ortho intramolecular Hbond substituents is 1.